The van der Waals surface area contributed by atoms with Crippen molar-refractivity contribution in [2.45, 2.75) is 71.7 Å². The third kappa shape index (κ3) is 5.54. The zero-order valence-electron chi connectivity index (χ0n) is 20.7. The Morgan fingerprint density at radius 2 is 2.17 bits per heavy atom. The number of hydrogen-bond acceptors (Lipinski definition) is 7. The molecule has 0 fully saturated rings. The quantitative estimate of drug-likeness (QED) is 0.374. The van der Waals surface area contributed by atoms with E-state index in [0.717, 1.165) is 48.4 Å². The Bertz CT molecular complexity index is 1260. The molecule has 0 spiro atoms. The van der Waals surface area contributed by atoms with Gasteiger partial charge >= 0.3 is 0 Å². The standard InChI is InChI=1S/C26H31N5O2S2/c1-5-18-10-11-19-20(13-27)25(35-22(19)12-18)28-24(32)15-34-26-30-29-23(31(26)6-2)14-33-21-9-7-8-16(3)17(21)4/h7-9,18H,5-6,10-12,14-15H2,1-4H3,(H,28,32). The van der Waals surface area contributed by atoms with Gasteiger partial charge in [-0.15, -0.1) is 21.5 Å². The Morgan fingerprint density at radius 3 is 2.91 bits per heavy atom. The summed E-state index contributed by atoms with van der Waals surface area (Å²) in [6.07, 6.45) is 4.18. The predicted molar refractivity (Wildman–Crippen MR) is 140 cm³/mol. The number of thioether (sulfide) groups is 1. The van der Waals surface area contributed by atoms with E-state index in [-0.39, 0.29) is 11.7 Å². The van der Waals surface area contributed by atoms with Crippen molar-refractivity contribution in [3.8, 4) is 11.8 Å². The van der Waals surface area contributed by atoms with Crippen LogP contribution in [0.2, 0.25) is 0 Å². The summed E-state index contributed by atoms with van der Waals surface area (Å²) < 4.78 is 7.97. The first-order chi connectivity index (χ1) is 16.9. The van der Waals surface area contributed by atoms with Crippen LogP contribution in [-0.2, 0) is 30.8 Å². The van der Waals surface area contributed by atoms with Crippen molar-refractivity contribution in [2.75, 3.05) is 11.1 Å². The molecule has 1 amide bonds. The van der Waals surface area contributed by atoms with E-state index in [1.54, 1.807) is 11.3 Å². The smallest absolute Gasteiger partial charge is 0.235 e. The number of nitrogens with zero attached hydrogens (tertiary/aromatic N) is 4. The van der Waals surface area contributed by atoms with Crippen molar-refractivity contribution < 1.29 is 9.53 Å². The number of thiophene rings is 1. The van der Waals surface area contributed by atoms with Gasteiger partial charge in [-0.2, -0.15) is 5.26 Å². The van der Waals surface area contributed by atoms with Gasteiger partial charge in [0.15, 0.2) is 11.0 Å². The highest BCUT2D eigenvalue weighted by molar-refractivity contribution is 7.99. The number of aryl methyl sites for hydroxylation is 1. The van der Waals surface area contributed by atoms with Crippen LogP contribution < -0.4 is 10.1 Å². The van der Waals surface area contributed by atoms with Crippen molar-refractivity contribution >= 4 is 34.0 Å². The molecule has 3 aromatic rings. The number of fused-ring (bicyclic) bond motifs is 1. The number of rotatable bonds is 9. The van der Waals surface area contributed by atoms with E-state index < -0.39 is 0 Å². The van der Waals surface area contributed by atoms with Crippen LogP contribution in [0, 0.1) is 31.1 Å². The van der Waals surface area contributed by atoms with Crippen LogP contribution in [0.3, 0.4) is 0 Å². The summed E-state index contributed by atoms with van der Waals surface area (Å²) in [5.41, 5.74) is 4.06. The average Bonchev–Trinajstić information content (AvgIpc) is 3.42. The highest BCUT2D eigenvalue weighted by atomic mass is 32.2. The summed E-state index contributed by atoms with van der Waals surface area (Å²) in [6.45, 7) is 9.32. The third-order valence-electron chi connectivity index (χ3n) is 6.66. The lowest BCUT2D eigenvalue weighted by molar-refractivity contribution is -0.113. The van der Waals surface area contributed by atoms with Crippen molar-refractivity contribution in [3.05, 3.63) is 51.2 Å². The molecule has 7 nitrogen and oxygen atoms in total. The van der Waals surface area contributed by atoms with Gasteiger partial charge in [-0.3, -0.25) is 4.79 Å². The topological polar surface area (TPSA) is 92.8 Å². The molecule has 0 bridgehead atoms. The number of hydrogen-bond donors (Lipinski definition) is 1. The first-order valence-electron chi connectivity index (χ1n) is 12.0. The second-order valence-electron chi connectivity index (χ2n) is 8.80. The second kappa shape index (κ2) is 11.3. The van der Waals surface area contributed by atoms with Gasteiger partial charge in [0.1, 0.15) is 23.4 Å². The molecule has 1 aliphatic rings. The van der Waals surface area contributed by atoms with E-state index in [1.165, 1.54) is 22.2 Å². The molecule has 1 N–H and O–H groups in total. The summed E-state index contributed by atoms with van der Waals surface area (Å²) in [4.78, 5) is 14.0. The summed E-state index contributed by atoms with van der Waals surface area (Å²) in [5.74, 6) is 2.28. The number of nitrogens with one attached hydrogen (secondary N) is 1. The number of carbonyl (C=O) groups excluding carboxylic acids is 1. The van der Waals surface area contributed by atoms with Crippen LogP contribution >= 0.6 is 23.1 Å². The predicted octanol–water partition coefficient (Wildman–Crippen LogP) is 5.67. The van der Waals surface area contributed by atoms with Crippen molar-refractivity contribution in [1.82, 2.24) is 14.8 Å². The molecule has 2 heterocycles. The molecule has 1 aromatic carbocycles. The molecule has 9 heteroatoms. The fourth-order valence-electron chi connectivity index (χ4n) is 4.37. The fourth-order valence-corrected chi connectivity index (χ4v) is 6.52. The lowest BCUT2D eigenvalue weighted by atomic mass is 9.86. The van der Waals surface area contributed by atoms with Crippen LogP contribution in [-0.4, -0.2) is 26.4 Å². The normalized spacial score (nSPS) is 14.9. The maximum absolute atomic E-state index is 12.8. The molecule has 2 aromatic heterocycles. The van der Waals surface area contributed by atoms with E-state index in [4.69, 9.17) is 4.74 Å². The molecule has 1 aliphatic carbocycles. The molecule has 0 aliphatic heterocycles. The highest BCUT2D eigenvalue weighted by Crippen LogP contribution is 2.40. The molecule has 4 rings (SSSR count). The molecule has 35 heavy (non-hydrogen) atoms. The Labute approximate surface area is 214 Å². The number of benzene rings is 1. The number of amides is 1. The highest BCUT2D eigenvalue weighted by Gasteiger charge is 2.26. The first-order valence-corrected chi connectivity index (χ1v) is 13.8. The van der Waals surface area contributed by atoms with E-state index in [1.807, 2.05) is 30.5 Å². The Kier molecular flexibility index (Phi) is 8.14. The van der Waals surface area contributed by atoms with Crippen LogP contribution in [0.25, 0.3) is 0 Å². The van der Waals surface area contributed by atoms with Crippen LogP contribution in [0.1, 0.15) is 59.6 Å². The maximum atomic E-state index is 12.8. The molecule has 184 valence electrons. The zero-order chi connectivity index (χ0) is 24.9. The van der Waals surface area contributed by atoms with E-state index in [0.29, 0.717) is 34.8 Å². The number of anilines is 1. The van der Waals surface area contributed by atoms with Gasteiger partial charge in [-0.1, -0.05) is 37.2 Å². The number of aromatic nitrogens is 3. The van der Waals surface area contributed by atoms with Crippen LogP contribution in [0.15, 0.2) is 23.4 Å². The Hall–Kier alpha value is -2.83. The van der Waals surface area contributed by atoms with E-state index >= 15 is 0 Å². The molecule has 0 saturated carbocycles. The second-order valence-corrected chi connectivity index (χ2v) is 10.9. The largest absolute Gasteiger partial charge is 0.485 e. The summed E-state index contributed by atoms with van der Waals surface area (Å²) in [7, 11) is 0. The fraction of sp³-hybridized carbons (Fsp3) is 0.462. The third-order valence-corrected chi connectivity index (χ3v) is 8.80. The zero-order valence-corrected chi connectivity index (χ0v) is 22.3. The van der Waals surface area contributed by atoms with Gasteiger partial charge in [0.2, 0.25) is 5.91 Å². The maximum Gasteiger partial charge on any atom is 0.235 e. The SMILES string of the molecule is CCC1CCc2c(sc(NC(=O)CSc3nnc(COc4cccc(C)c4C)n3CC)c2C#N)C1. The molecule has 0 radical (unpaired) electrons. The van der Waals surface area contributed by atoms with Gasteiger partial charge in [-0.05, 0) is 68.7 Å². The van der Waals surface area contributed by atoms with Crippen molar-refractivity contribution in [3.63, 3.8) is 0 Å². The first kappa shape index (κ1) is 25.3. The van der Waals surface area contributed by atoms with Crippen LogP contribution in [0.4, 0.5) is 5.00 Å². The summed E-state index contributed by atoms with van der Waals surface area (Å²) in [6, 6.07) is 8.31. The van der Waals surface area contributed by atoms with Crippen LogP contribution in [0.5, 0.6) is 5.75 Å². The minimum Gasteiger partial charge on any atom is -0.485 e. The van der Waals surface area contributed by atoms with E-state index in [9.17, 15) is 10.1 Å². The van der Waals surface area contributed by atoms with Gasteiger partial charge in [0, 0.05) is 11.4 Å². The minimum atomic E-state index is -0.143. The van der Waals surface area contributed by atoms with Gasteiger partial charge in [-0.25, -0.2) is 0 Å². The molecular weight excluding hydrogens is 478 g/mol. The van der Waals surface area contributed by atoms with Crippen molar-refractivity contribution in [2.24, 2.45) is 5.92 Å². The number of ether oxygens (including phenoxy) is 1. The lowest BCUT2D eigenvalue weighted by Gasteiger charge is -2.20. The summed E-state index contributed by atoms with van der Waals surface area (Å²) in [5, 5.41) is 22.6. The number of nitriles is 1. The van der Waals surface area contributed by atoms with E-state index in [2.05, 4.69) is 41.5 Å². The van der Waals surface area contributed by atoms with Gasteiger partial charge < -0.3 is 14.6 Å². The van der Waals surface area contributed by atoms with Gasteiger partial charge in [0.05, 0.1) is 11.3 Å². The molecular formula is C26H31N5O2S2. The summed E-state index contributed by atoms with van der Waals surface area (Å²) >= 11 is 2.90. The molecule has 1 unspecified atom stereocenters. The van der Waals surface area contributed by atoms with Gasteiger partial charge in [0.25, 0.3) is 0 Å². The lowest BCUT2D eigenvalue weighted by Crippen LogP contribution is -2.15. The molecule has 0 saturated heterocycles. The average molecular weight is 510 g/mol. The van der Waals surface area contributed by atoms with Crippen molar-refractivity contribution in [1.29, 1.82) is 5.26 Å². The Morgan fingerprint density at radius 1 is 1.34 bits per heavy atom. The molecule has 1 atom stereocenters. The monoisotopic (exact) mass is 509 g/mol. The number of carbonyl (C=O) groups is 1. The Balaban J connectivity index is 1.38. The minimum absolute atomic E-state index is 0.143.